The van der Waals surface area contributed by atoms with Gasteiger partial charge in [0.15, 0.2) is 0 Å². The molecule has 0 saturated carbocycles. The maximum atomic E-state index is 11.4. The number of hydrogen-bond donors (Lipinski definition) is 0. The van der Waals surface area contributed by atoms with E-state index in [9.17, 15) is 4.79 Å². The van der Waals surface area contributed by atoms with E-state index in [0.29, 0.717) is 13.1 Å². The summed E-state index contributed by atoms with van der Waals surface area (Å²) in [5, 5.41) is 3.87. The molecule has 0 aromatic carbocycles. The fraction of sp³-hybridized carbons (Fsp3) is 0.600. The van der Waals surface area contributed by atoms with Crippen molar-refractivity contribution < 1.29 is 9.32 Å². The molecule has 0 fully saturated rings. The number of likely N-dealkylation sites (N-methyl/N-ethyl adjacent to an activating group) is 2. The Labute approximate surface area is 89.6 Å². The van der Waals surface area contributed by atoms with Crippen molar-refractivity contribution in [3.05, 3.63) is 17.5 Å². The lowest BCUT2D eigenvalue weighted by molar-refractivity contribution is -0.129. The van der Waals surface area contributed by atoms with E-state index in [0.717, 1.165) is 11.5 Å². The first-order valence-corrected chi connectivity index (χ1v) is 4.80. The number of carbonyl (C=O) groups excluding carboxylic acids is 1. The highest BCUT2D eigenvalue weighted by Gasteiger charge is 2.10. The average molecular weight is 211 g/mol. The quantitative estimate of drug-likeness (QED) is 0.728. The molecule has 0 aliphatic heterocycles. The van der Waals surface area contributed by atoms with Gasteiger partial charge in [-0.05, 0) is 14.0 Å². The van der Waals surface area contributed by atoms with E-state index in [1.54, 1.807) is 19.0 Å². The van der Waals surface area contributed by atoms with Crippen molar-refractivity contribution >= 4 is 5.91 Å². The van der Waals surface area contributed by atoms with Crippen molar-refractivity contribution in [2.75, 3.05) is 27.7 Å². The van der Waals surface area contributed by atoms with E-state index in [1.807, 2.05) is 24.9 Å². The van der Waals surface area contributed by atoms with Gasteiger partial charge in [-0.3, -0.25) is 9.69 Å². The van der Waals surface area contributed by atoms with Gasteiger partial charge < -0.3 is 9.42 Å². The summed E-state index contributed by atoms with van der Waals surface area (Å²) in [5.41, 5.74) is 0.849. The maximum absolute atomic E-state index is 11.4. The number of rotatable bonds is 4. The van der Waals surface area contributed by atoms with Crippen LogP contribution in [0.3, 0.4) is 0 Å². The Morgan fingerprint density at radius 1 is 1.47 bits per heavy atom. The molecule has 0 atom stereocenters. The Morgan fingerprint density at radius 2 is 2.13 bits per heavy atom. The first-order chi connectivity index (χ1) is 6.99. The third-order valence-electron chi connectivity index (χ3n) is 2.01. The molecule has 0 saturated heterocycles. The van der Waals surface area contributed by atoms with Crippen molar-refractivity contribution in [1.29, 1.82) is 0 Å². The monoisotopic (exact) mass is 211 g/mol. The van der Waals surface area contributed by atoms with Crippen LogP contribution in [0.2, 0.25) is 0 Å². The highest BCUT2D eigenvalue weighted by Crippen LogP contribution is 2.04. The van der Waals surface area contributed by atoms with E-state index in [4.69, 9.17) is 4.52 Å². The molecule has 84 valence electrons. The van der Waals surface area contributed by atoms with Gasteiger partial charge in [-0.15, -0.1) is 0 Å². The molecule has 15 heavy (non-hydrogen) atoms. The van der Waals surface area contributed by atoms with Gasteiger partial charge in [0.25, 0.3) is 0 Å². The van der Waals surface area contributed by atoms with E-state index in [-0.39, 0.29) is 5.91 Å². The van der Waals surface area contributed by atoms with Crippen LogP contribution in [-0.2, 0) is 11.3 Å². The molecular formula is C10H17N3O2. The molecule has 1 aromatic heterocycles. The van der Waals surface area contributed by atoms with Crippen molar-refractivity contribution in [1.82, 2.24) is 15.0 Å². The molecule has 5 nitrogen and oxygen atoms in total. The van der Waals surface area contributed by atoms with Gasteiger partial charge in [-0.2, -0.15) is 0 Å². The number of aromatic nitrogens is 1. The Hall–Kier alpha value is -1.36. The van der Waals surface area contributed by atoms with Gasteiger partial charge in [0, 0.05) is 26.7 Å². The minimum Gasteiger partial charge on any atom is -0.361 e. The number of aryl methyl sites for hydroxylation is 1. The van der Waals surface area contributed by atoms with Crippen molar-refractivity contribution in [3.8, 4) is 0 Å². The van der Waals surface area contributed by atoms with Crippen LogP contribution in [0.1, 0.15) is 11.5 Å². The molecule has 0 bridgehead atoms. The molecule has 0 unspecified atom stereocenters. The summed E-state index contributed by atoms with van der Waals surface area (Å²) in [4.78, 5) is 14.9. The number of amides is 1. The molecule has 0 aliphatic carbocycles. The molecule has 0 spiro atoms. The zero-order valence-electron chi connectivity index (χ0n) is 9.65. The van der Waals surface area contributed by atoms with Gasteiger partial charge in [-0.1, -0.05) is 5.16 Å². The highest BCUT2D eigenvalue weighted by molar-refractivity contribution is 5.77. The van der Waals surface area contributed by atoms with Crippen LogP contribution in [0.15, 0.2) is 10.6 Å². The molecule has 1 amide bonds. The Bertz CT molecular complexity index is 333. The molecule has 0 aliphatic rings. The number of carbonyl (C=O) groups is 1. The summed E-state index contributed by atoms with van der Waals surface area (Å²) in [6.45, 7) is 2.86. The van der Waals surface area contributed by atoms with Gasteiger partial charge >= 0.3 is 0 Å². The smallest absolute Gasteiger partial charge is 0.236 e. The van der Waals surface area contributed by atoms with E-state index in [2.05, 4.69) is 5.16 Å². The van der Waals surface area contributed by atoms with E-state index < -0.39 is 0 Å². The second-order valence-electron chi connectivity index (χ2n) is 3.89. The van der Waals surface area contributed by atoms with Gasteiger partial charge in [0.05, 0.1) is 12.2 Å². The normalized spacial score (nSPS) is 10.7. The predicted octanol–water partition coefficient (Wildman–Crippen LogP) is 0.503. The zero-order valence-corrected chi connectivity index (χ0v) is 9.65. The van der Waals surface area contributed by atoms with Crippen LogP contribution < -0.4 is 0 Å². The third kappa shape index (κ3) is 3.71. The minimum atomic E-state index is 0.0812. The average Bonchev–Trinajstić information content (AvgIpc) is 2.50. The molecule has 1 rings (SSSR count). The second kappa shape index (κ2) is 4.93. The lowest BCUT2D eigenvalue weighted by Gasteiger charge is -2.17. The lowest BCUT2D eigenvalue weighted by Crippen LogP contribution is -2.34. The first-order valence-electron chi connectivity index (χ1n) is 4.80. The third-order valence-corrected chi connectivity index (χ3v) is 2.01. The molecule has 0 radical (unpaired) electrons. The first kappa shape index (κ1) is 11.7. The van der Waals surface area contributed by atoms with Crippen LogP contribution in [0.5, 0.6) is 0 Å². The van der Waals surface area contributed by atoms with Crippen molar-refractivity contribution in [2.24, 2.45) is 0 Å². The predicted molar refractivity (Wildman–Crippen MR) is 56.3 cm³/mol. The maximum Gasteiger partial charge on any atom is 0.236 e. The van der Waals surface area contributed by atoms with Crippen molar-refractivity contribution in [2.45, 2.75) is 13.5 Å². The standard InChI is InChI=1S/C10H17N3O2/c1-8-5-9(11-15-8)6-13(4)7-10(14)12(2)3/h5H,6-7H2,1-4H3. The SMILES string of the molecule is Cc1cc(CN(C)CC(=O)N(C)C)no1. The van der Waals surface area contributed by atoms with Gasteiger partial charge in [-0.25, -0.2) is 0 Å². The topological polar surface area (TPSA) is 49.6 Å². The molecule has 5 heteroatoms. The van der Waals surface area contributed by atoms with Crippen LogP contribution in [-0.4, -0.2) is 48.6 Å². The van der Waals surface area contributed by atoms with Gasteiger partial charge in [0.1, 0.15) is 5.76 Å². The molecule has 1 aromatic rings. The summed E-state index contributed by atoms with van der Waals surface area (Å²) in [6, 6.07) is 1.87. The van der Waals surface area contributed by atoms with Crippen LogP contribution in [0.25, 0.3) is 0 Å². The second-order valence-corrected chi connectivity index (χ2v) is 3.89. The Kier molecular flexibility index (Phi) is 3.85. The fourth-order valence-electron chi connectivity index (χ4n) is 1.20. The van der Waals surface area contributed by atoms with Crippen LogP contribution >= 0.6 is 0 Å². The Morgan fingerprint density at radius 3 is 2.60 bits per heavy atom. The zero-order chi connectivity index (χ0) is 11.4. The van der Waals surface area contributed by atoms with Crippen molar-refractivity contribution in [3.63, 3.8) is 0 Å². The van der Waals surface area contributed by atoms with Crippen LogP contribution in [0.4, 0.5) is 0 Å². The minimum absolute atomic E-state index is 0.0812. The summed E-state index contributed by atoms with van der Waals surface area (Å²) in [5.74, 6) is 0.870. The van der Waals surface area contributed by atoms with Gasteiger partial charge in [0.2, 0.25) is 5.91 Å². The van der Waals surface area contributed by atoms with Crippen LogP contribution in [0, 0.1) is 6.92 Å². The summed E-state index contributed by atoms with van der Waals surface area (Å²) >= 11 is 0. The van der Waals surface area contributed by atoms with E-state index >= 15 is 0 Å². The molecule has 0 N–H and O–H groups in total. The summed E-state index contributed by atoms with van der Waals surface area (Å²) < 4.78 is 4.95. The highest BCUT2D eigenvalue weighted by atomic mass is 16.5. The van der Waals surface area contributed by atoms with E-state index in [1.165, 1.54) is 0 Å². The summed E-state index contributed by atoms with van der Waals surface area (Å²) in [7, 11) is 5.37. The lowest BCUT2D eigenvalue weighted by atomic mass is 10.3. The largest absolute Gasteiger partial charge is 0.361 e. The number of nitrogens with zero attached hydrogens (tertiary/aromatic N) is 3. The Balaban J connectivity index is 2.42. The molecule has 1 heterocycles. The summed E-state index contributed by atoms with van der Waals surface area (Å²) in [6.07, 6.45) is 0. The number of hydrogen-bond acceptors (Lipinski definition) is 4. The fourth-order valence-corrected chi connectivity index (χ4v) is 1.20. The molecular weight excluding hydrogens is 194 g/mol.